The second kappa shape index (κ2) is 12.1. The van der Waals surface area contributed by atoms with Crippen LogP contribution in [-0.4, -0.2) is 39.4 Å². The average molecular weight is 357 g/mol. The van der Waals surface area contributed by atoms with Crippen molar-refractivity contribution in [1.82, 2.24) is 11.0 Å². The third kappa shape index (κ3) is 44.7. The molecule has 0 aliphatic rings. The fourth-order valence-electron chi connectivity index (χ4n) is 0. The molecule has 0 aromatic heterocycles. The summed E-state index contributed by atoms with van der Waals surface area (Å²) < 4.78 is 0. The van der Waals surface area contributed by atoms with Crippen LogP contribution >= 0.6 is 0 Å². The Morgan fingerprint density at radius 3 is 1.09 bits per heavy atom. The molecule has 0 aliphatic heterocycles. The summed E-state index contributed by atoms with van der Waals surface area (Å²) in [4.78, 5) is 18.3. The van der Waals surface area contributed by atoms with Crippen molar-refractivity contribution in [2.45, 2.75) is 0 Å². The number of carbonyl (C=O) groups is 2. The molecule has 0 heterocycles. The van der Waals surface area contributed by atoms with Crippen LogP contribution in [0.15, 0.2) is 0 Å². The van der Waals surface area contributed by atoms with Gasteiger partial charge in [0.2, 0.25) is 0 Å². The van der Waals surface area contributed by atoms with Crippen LogP contribution in [-0.2, 0) is 0 Å². The van der Waals surface area contributed by atoms with E-state index in [2.05, 4.69) is 11.5 Å². The van der Waals surface area contributed by atoms with E-state index in [1.807, 2.05) is 0 Å². The first-order valence-corrected chi connectivity index (χ1v) is 1.89. The number of nitrogens with two attached hydrogens (primary N) is 2. The van der Waals surface area contributed by atoms with Crippen LogP contribution in [0.25, 0.3) is 0 Å². The van der Waals surface area contributed by atoms with Crippen molar-refractivity contribution in [1.29, 1.82) is 0 Å². The van der Waals surface area contributed by atoms with Gasteiger partial charge >= 0.3 is 39.4 Å². The Morgan fingerprint density at radius 2 is 1.09 bits per heavy atom. The van der Waals surface area contributed by atoms with Crippen LogP contribution in [0.3, 0.4) is 0 Å². The fraction of sp³-hybridized carbons (Fsp3) is 0. The van der Waals surface area contributed by atoms with Gasteiger partial charge in [-0.1, -0.05) is 0 Å². The smallest absolute Gasteiger partial charge is 0.758 e. The van der Waals surface area contributed by atoms with Crippen molar-refractivity contribution >= 4 is 39.4 Å². The predicted octanol–water partition coefficient (Wildman–Crippen LogP) is -2.08. The molecule has 0 spiro atoms. The molecule has 0 aliphatic carbocycles. The molecule has 0 atom stereocenters. The minimum atomic E-state index is -1.05. The van der Waals surface area contributed by atoms with E-state index in [0.717, 1.165) is 11.0 Å². The number of hydroxylamine groups is 2. The molecule has 11 heavy (non-hydrogen) atoms. The van der Waals surface area contributed by atoms with Gasteiger partial charge < -0.3 is 32.8 Å². The van der Waals surface area contributed by atoms with Gasteiger partial charge in [-0.15, -0.1) is 0 Å². The van der Waals surface area contributed by atoms with E-state index in [4.69, 9.17) is 20.0 Å². The topological polar surface area (TPSA) is 156 Å². The maximum atomic E-state index is 9.17. The number of primary amides is 2. The first-order valence-electron chi connectivity index (χ1n) is 1.89. The van der Waals surface area contributed by atoms with Gasteiger partial charge in [0.05, 0.1) is 0 Å². The van der Waals surface area contributed by atoms with E-state index in [1.54, 1.807) is 0 Å². The molecule has 6 N–H and O–H groups in total. The molecule has 0 saturated carbocycles. The summed E-state index contributed by atoms with van der Waals surface area (Å²) in [7, 11) is 0. The molecule has 0 aromatic carbocycles. The van der Waals surface area contributed by atoms with Gasteiger partial charge in [0.15, 0.2) is 0 Å². The molecule has 0 aromatic rings. The van der Waals surface area contributed by atoms with Gasteiger partial charge in [-0.25, -0.2) is 0 Å². The quantitative estimate of drug-likeness (QED) is 0.290. The van der Waals surface area contributed by atoms with E-state index < -0.39 is 12.1 Å². The van der Waals surface area contributed by atoms with Crippen molar-refractivity contribution in [2.75, 3.05) is 0 Å². The Kier molecular flexibility index (Phi) is 18.4. The summed E-state index contributed by atoms with van der Waals surface area (Å²) in [5, 5.41) is 17.8. The van der Waals surface area contributed by atoms with Crippen molar-refractivity contribution in [2.24, 2.45) is 11.5 Å². The third-order valence-electron chi connectivity index (χ3n) is 0.201. The molecule has 4 amide bonds. The standard InChI is InChI=1S/2CH3N2O2.Pb/c2*2-1(4)3-5;/h2*(H3-,2,3,4,5);/q2*-1;+2. The van der Waals surface area contributed by atoms with E-state index in [1.165, 1.54) is 0 Å². The van der Waals surface area contributed by atoms with Crippen LogP contribution in [0.4, 0.5) is 9.59 Å². The summed E-state index contributed by atoms with van der Waals surface area (Å²) in [6.45, 7) is 0. The summed E-state index contributed by atoms with van der Waals surface area (Å²) in [5.74, 6) is 0. The molecule has 2 radical (unpaired) electrons. The molecular weight excluding hydrogens is 351 g/mol. The van der Waals surface area contributed by atoms with Crippen LogP contribution in [0, 0.1) is 10.4 Å². The van der Waals surface area contributed by atoms with Crippen molar-refractivity contribution in [3.05, 3.63) is 10.4 Å². The Hall–Kier alpha value is -0.618. The first-order chi connectivity index (χ1) is 4.54. The monoisotopic (exact) mass is 358 g/mol. The number of nitrogens with one attached hydrogen (secondary N) is 2. The van der Waals surface area contributed by atoms with Crippen molar-refractivity contribution < 1.29 is 9.59 Å². The summed E-state index contributed by atoms with van der Waals surface area (Å²) in [6.07, 6.45) is 0. The Morgan fingerprint density at radius 1 is 1.00 bits per heavy atom. The Labute approximate surface area is 82.0 Å². The predicted molar refractivity (Wildman–Crippen MR) is 37.9 cm³/mol. The number of rotatable bonds is 0. The number of urea groups is 2. The number of hydrogen-bond donors (Lipinski definition) is 4. The van der Waals surface area contributed by atoms with Gasteiger partial charge in [-0.05, 0) is 0 Å². The van der Waals surface area contributed by atoms with Crippen molar-refractivity contribution in [3.63, 3.8) is 0 Å². The molecule has 9 heteroatoms. The van der Waals surface area contributed by atoms with Gasteiger partial charge in [-0.2, -0.15) is 0 Å². The first kappa shape index (κ1) is 16.8. The van der Waals surface area contributed by atoms with Gasteiger partial charge in [0.25, 0.3) is 0 Å². The van der Waals surface area contributed by atoms with Crippen LogP contribution < -0.4 is 22.4 Å². The molecule has 0 unspecified atom stereocenters. The third-order valence-corrected chi connectivity index (χ3v) is 0.201. The van der Waals surface area contributed by atoms with E-state index in [9.17, 15) is 0 Å². The van der Waals surface area contributed by atoms with Gasteiger partial charge in [0.1, 0.15) is 0 Å². The summed E-state index contributed by atoms with van der Waals surface area (Å²) in [5.41, 5.74) is 10.3. The number of hydrogen-bond acceptors (Lipinski definition) is 4. The Bertz CT molecular complexity index is 105. The maximum Gasteiger partial charge on any atom is 2.00 e. The minimum absolute atomic E-state index is 0. The van der Waals surface area contributed by atoms with Crippen LogP contribution in [0.5, 0.6) is 0 Å². The zero-order chi connectivity index (χ0) is 8.57. The van der Waals surface area contributed by atoms with E-state index in [0.29, 0.717) is 0 Å². The van der Waals surface area contributed by atoms with Gasteiger partial charge in [-0.3, -0.25) is 9.59 Å². The second-order valence-electron chi connectivity index (χ2n) is 0.933. The van der Waals surface area contributed by atoms with Crippen molar-refractivity contribution in [3.8, 4) is 0 Å². The minimum Gasteiger partial charge on any atom is -0.758 e. The zero-order valence-corrected chi connectivity index (χ0v) is 9.18. The SMILES string of the molecule is NC(=O)N[O-].NC(=O)N[O-].[Pb+2]. The summed E-state index contributed by atoms with van der Waals surface area (Å²) in [6, 6.07) is -2.10. The normalized spacial score (nSPS) is 6.00. The van der Waals surface area contributed by atoms with Gasteiger partial charge in [0, 0.05) is 0 Å². The largest absolute Gasteiger partial charge is 2.00 e. The molecule has 0 bridgehead atoms. The molecule has 62 valence electrons. The zero-order valence-electron chi connectivity index (χ0n) is 5.29. The molecule has 0 rings (SSSR count). The molecule has 8 nitrogen and oxygen atoms in total. The number of carbonyl (C=O) groups excluding carboxylic acids is 2. The molecule has 0 saturated heterocycles. The maximum absolute atomic E-state index is 9.17. The number of amides is 4. The summed E-state index contributed by atoms with van der Waals surface area (Å²) >= 11 is 0. The molecular formula is C2H6N4O4Pb. The van der Waals surface area contributed by atoms with Crippen LogP contribution in [0.2, 0.25) is 0 Å². The Balaban J connectivity index is -0.000000107. The fourth-order valence-corrected chi connectivity index (χ4v) is 0. The average Bonchev–Trinajstić information content (AvgIpc) is 1.89. The van der Waals surface area contributed by atoms with E-state index in [-0.39, 0.29) is 27.3 Å². The van der Waals surface area contributed by atoms with Crippen LogP contribution in [0.1, 0.15) is 0 Å². The molecule has 0 fully saturated rings. The van der Waals surface area contributed by atoms with E-state index >= 15 is 0 Å². The second-order valence-corrected chi connectivity index (χ2v) is 0.933.